The minimum atomic E-state index is -0.638. The molecule has 1 saturated heterocycles. The van der Waals surface area contributed by atoms with E-state index < -0.39 is 17.7 Å². The second-order valence-corrected chi connectivity index (χ2v) is 11.5. The molecule has 2 aromatic carbocycles. The Morgan fingerprint density at radius 3 is 2.48 bits per heavy atom. The van der Waals surface area contributed by atoms with Crippen molar-refractivity contribution in [3.05, 3.63) is 70.8 Å². The van der Waals surface area contributed by atoms with Crippen LogP contribution in [0.5, 0.6) is 0 Å². The molecule has 1 aliphatic carbocycles. The number of rotatable bonds is 10. The third-order valence-corrected chi connectivity index (χ3v) is 8.28. The number of nitrogens with one attached hydrogen (secondary N) is 2. The van der Waals surface area contributed by atoms with Crippen LogP contribution in [0.25, 0.3) is 0 Å². The number of benzene rings is 2. The summed E-state index contributed by atoms with van der Waals surface area (Å²) in [7, 11) is 0. The van der Waals surface area contributed by atoms with Crippen LogP contribution in [-0.2, 0) is 16.1 Å². The maximum atomic E-state index is 13.9. The number of nitrogens with zero attached hydrogens (tertiary/aromatic N) is 1. The van der Waals surface area contributed by atoms with Gasteiger partial charge in [0.2, 0.25) is 5.91 Å². The van der Waals surface area contributed by atoms with Gasteiger partial charge in [0, 0.05) is 48.7 Å². The number of likely N-dealkylation sites (tertiary alicyclic amines) is 1. The Morgan fingerprint density at radius 2 is 1.75 bits per heavy atom. The van der Waals surface area contributed by atoms with Gasteiger partial charge in [-0.3, -0.25) is 14.4 Å². The van der Waals surface area contributed by atoms with Gasteiger partial charge in [-0.25, -0.2) is 8.78 Å². The van der Waals surface area contributed by atoms with Crippen molar-refractivity contribution in [2.24, 2.45) is 11.8 Å². The second kappa shape index (κ2) is 14.0. The number of Topliss-reactive ketones (excluding diaryl/α,β-unsaturated/α-hetero) is 1. The average molecular weight is 554 g/mol. The Labute approximate surface area is 235 Å². The van der Waals surface area contributed by atoms with Crippen molar-refractivity contribution < 1.29 is 23.2 Å². The number of halogens is 2. The van der Waals surface area contributed by atoms with Crippen molar-refractivity contribution in [2.45, 2.75) is 77.3 Å². The first-order chi connectivity index (χ1) is 19.2. The lowest BCUT2D eigenvalue weighted by molar-refractivity contribution is -0.131. The van der Waals surface area contributed by atoms with Crippen molar-refractivity contribution >= 4 is 17.6 Å². The smallest absolute Gasteiger partial charge is 0.251 e. The molecule has 1 heterocycles. The average Bonchev–Trinajstić information content (AvgIpc) is 2.97. The highest BCUT2D eigenvalue weighted by atomic mass is 19.1. The molecule has 0 bridgehead atoms. The summed E-state index contributed by atoms with van der Waals surface area (Å²) in [5, 5.41) is 6.04. The van der Waals surface area contributed by atoms with E-state index in [1.807, 2.05) is 32.0 Å². The van der Waals surface area contributed by atoms with Gasteiger partial charge in [-0.2, -0.15) is 0 Å². The zero-order valence-corrected chi connectivity index (χ0v) is 23.6. The number of hydrogen-bond donors (Lipinski definition) is 2. The van der Waals surface area contributed by atoms with E-state index in [1.165, 1.54) is 18.6 Å². The van der Waals surface area contributed by atoms with E-state index in [1.54, 1.807) is 11.0 Å². The summed E-state index contributed by atoms with van der Waals surface area (Å²) in [5.74, 6) is -1.36. The molecule has 0 spiro atoms. The van der Waals surface area contributed by atoms with Crippen LogP contribution in [0.15, 0.2) is 42.5 Å². The fourth-order valence-electron chi connectivity index (χ4n) is 5.96. The Morgan fingerprint density at radius 1 is 0.975 bits per heavy atom. The molecule has 216 valence electrons. The molecule has 40 heavy (non-hydrogen) atoms. The van der Waals surface area contributed by atoms with Gasteiger partial charge in [-0.15, -0.1) is 0 Å². The van der Waals surface area contributed by atoms with Crippen LogP contribution in [0, 0.1) is 23.5 Å². The number of carbonyl (C=O) groups is 3. The molecule has 0 aromatic heterocycles. The predicted molar refractivity (Wildman–Crippen MR) is 151 cm³/mol. The summed E-state index contributed by atoms with van der Waals surface area (Å²) in [4.78, 5) is 41.0. The Kier molecular flexibility index (Phi) is 10.4. The molecular weight excluding hydrogens is 512 g/mol. The molecule has 0 radical (unpaired) electrons. The predicted octanol–water partition coefficient (Wildman–Crippen LogP) is 5.36. The van der Waals surface area contributed by atoms with E-state index in [2.05, 4.69) is 10.6 Å². The topological polar surface area (TPSA) is 78.5 Å². The van der Waals surface area contributed by atoms with Gasteiger partial charge in [-0.05, 0) is 55.4 Å². The summed E-state index contributed by atoms with van der Waals surface area (Å²) in [5.41, 5.74) is 1.83. The third-order valence-electron chi connectivity index (χ3n) is 8.28. The Hall–Kier alpha value is -3.13. The summed E-state index contributed by atoms with van der Waals surface area (Å²) in [6.07, 6.45) is 7.03. The van der Waals surface area contributed by atoms with Crippen LogP contribution < -0.4 is 10.6 Å². The Bertz CT molecular complexity index is 1200. The number of hydrogen-bond acceptors (Lipinski definition) is 4. The van der Waals surface area contributed by atoms with E-state index in [0.717, 1.165) is 50.2 Å². The highest BCUT2D eigenvalue weighted by Gasteiger charge is 2.32. The molecule has 8 heteroatoms. The molecule has 6 nitrogen and oxygen atoms in total. The van der Waals surface area contributed by atoms with Gasteiger partial charge in [-0.1, -0.05) is 51.3 Å². The zero-order valence-electron chi connectivity index (χ0n) is 23.6. The SMILES string of the molecule is CC(C)C(=O)[C@H](NC(=O)c1cccc(C2CCCN(C(=O)CNCc3ccc(F)cc3F)C2)c1)C1CCCCC1. The summed E-state index contributed by atoms with van der Waals surface area (Å²) >= 11 is 0. The van der Waals surface area contributed by atoms with Crippen molar-refractivity contribution in [1.82, 2.24) is 15.5 Å². The molecular formula is C32H41F2N3O3. The van der Waals surface area contributed by atoms with Crippen LogP contribution in [0.2, 0.25) is 0 Å². The van der Waals surface area contributed by atoms with Crippen LogP contribution >= 0.6 is 0 Å². The largest absolute Gasteiger partial charge is 0.342 e. The fraction of sp³-hybridized carbons (Fsp3) is 0.531. The second-order valence-electron chi connectivity index (χ2n) is 11.5. The van der Waals surface area contributed by atoms with Crippen LogP contribution in [0.3, 0.4) is 0 Å². The lowest BCUT2D eigenvalue weighted by Crippen LogP contribution is -2.48. The van der Waals surface area contributed by atoms with Crippen molar-refractivity contribution in [2.75, 3.05) is 19.6 Å². The highest BCUT2D eigenvalue weighted by molar-refractivity contribution is 5.98. The van der Waals surface area contributed by atoms with E-state index in [4.69, 9.17) is 0 Å². The first-order valence-corrected chi connectivity index (χ1v) is 14.6. The molecule has 2 aromatic rings. The molecule has 2 N–H and O–H groups in total. The minimum absolute atomic E-state index is 0.0540. The number of piperidine rings is 1. The summed E-state index contributed by atoms with van der Waals surface area (Å²) in [6, 6.07) is 10.5. The number of ketones is 1. The molecule has 2 fully saturated rings. The van der Waals surface area contributed by atoms with E-state index in [-0.39, 0.29) is 48.4 Å². The van der Waals surface area contributed by atoms with Crippen LogP contribution in [-0.4, -0.2) is 48.2 Å². The third kappa shape index (κ3) is 7.74. The van der Waals surface area contributed by atoms with Crippen LogP contribution in [0.4, 0.5) is 8.78 Å². The molecule has 1 aliphatic heterocycles. The molecule has 1 saturated carbocycles. The lowest BCUT2D eigenvalue weighted by atomic mass is 9.80. The van der Waals surface area contributed by atoms with Crippen molar-refractivity contribution in [1.29, 1.82) is 0 Å². The summed E-state index contributed by atoms with van der Waals surface area (Å²) < 4.78 is 27.0. The first-order valence-electron chi connectivity index (χ1n) is 14.6. The number of amides is 2. The van der Waals surface area contributed by atoms with E-state index in [9.17, 15) is 23.2 Å². The maximum absolute atomic E-state index is 13.9. The monoisotopic (exact) mass is 553 g/mol. The minimum Gasteiger partial charge on any atom is -0.342 e. The van der Waals surface area contributed by atoms with Gasteiger partial charge in [0.15, 0.2) is 5.78 Å². The first kappa shape index (κ1) is 29.8. The fourth-order valence-corrected chi connectivity index (χ4v) is 5.96. The zero-order chi connectivity index (χ0) is 28.6. The van der Waals surface area contributed by atoms with E-state index in [0.29, 0.717) is 24.2 Å². The van der Waals surface area contributed by atoms with Crippen molar-refractivity contribution in [3.63, 3.8) is 0 Å². The quantitative estimate of drug-likeness (QED) is 0.415. The maximum Gasteiger partial charge on any atom is 0.251 e. The molecule has 2 amide bonds. The van der Waals surface area contributed by atoms with Crippen LogP contribution in [0.1, 0.15) is 86.2 Å². The number of carbonyl (C=O) groups excluding carboxylic acids is 3. The normalized spacial score (nSPS) is 18.9. The van der Waals surface area contributed by atoms with Gasteiger partial charge in [0.1, 0.15) is 11.6 Å². The highest BCUT2D eigenvalue weighted by Crippen LogP contribution is 2.30. The standard InChI is InChI=1S/C32H41F2N3O3/c1-21(2)31(39)30(22-8-4-3-5-9-22)36-32(40)24-11-6-10-23(16-24)26-12-7-15-37(20-26)29(38)19-35-18-25-13-14-27(33)17-28(25)34/h6,10-11,13-14,16-17,21-22,26,30,35H,3-5,7-9,12,15,18-20H2,1-2H3,(H,36,40)/t26?,30-/m1/s1. The molecule has 2 aliphatic rings. The van der Waals surface area contributed by atoms with E-state index >= 15 is 0 Å². The molecule has 4 rings (SSSR count). The Balaban J connectivity index is 1.36. The van der Waals surface area contributed by atoms with Gasteiger partial charge in [0.25, 0.3) is 5.91 Å². The lowest BCUT2D eigenvalue weighted by Gasteiger charge is -2.33. The summed E-state index contributed by atoms with van der Waals surface area (Å²) in [6.45, 7) is 5.14. The van der Waals surface area contributed by atoms with Gasteiger partial charge >= 0.3 is 0 Å². The van der Waals surface area contributed by atoms with Gasteiger partial charge in [0.05, 0.1) is 12.6 Å². The van der Waals surface area contributed by atoms with Crippen molar-refractivity contribution in [3.8, 4) is 0 Å². The molecule has 2 atom stereocenters. The molecule has 1 unspecified atom stereocenters. The van der Waals surface area contributed by atoms with Gasteiger partial charge < -0.3 is 15.5 Å².